The molecular formula is C27H50N2. The molecule has 4 atom stereocenters. The number of rotatable bonds is 15. The molecule has 1 rings (SSSR count). The quantitative estimate of drug-likeness (QED) is 0.296. The zero-order chi connectivity index (χ0) is 21.8. The third-order valence-electron chi connectivity index (χ3n) is 7.15. The highest BCUT2D eigenvalue weighted by Crippen LogP contribution is 2.27. The molecule has 0 aromatic heterocycles. The van der Waals surface area contributed by atoms with Crippen LogP contribution >= 0.6 is 0 Å². The van der Waals surface area contributed by atoms with Crippen LogP contribution in [0.5, 0.6) is 0 Å². The summed E-state index contributed by atoms with van der Waals surface area (Å²) in [6.07, 6.45) is 11.9. The van der Waals surface area contributed by atoms with Crippen molar-refractivity contribution in [1.82, 2.24) is 4.90 Å². The third kappa shape index (κ3) is 8.70. The topological polar surface area (TPSA) is 6.48 Å². The van der Waals surface area contributed by atoms with E-state index in [0.717, 1.165) is 5.92 Å². The van der Waals surface area contributed by atoms with Crippen molar-refractivity contribution in [3.8, 4) is 0 Å². The van der Waals surface area contributed by atoms with E-state index < -0.39 is 0 Å². The van der Waals surface area contributed by atoms with Gasteiger partial charge in [-0.2, -0.15) is 0 Å². The smallest absolute Gasteiger partial charge is 0.0395 e. The molecule has 1 aromatic carbocycles. The van der Waals surface area contributed by atoms with Crippen molar-refractivity contribution in [1.29, 1.82) is 0 Å². The van der Waals surface area contributed by atoms with Crippen LogP contribution in [0.4, 0.5) is 5.69 Å². The van der Waals surface area contributed by atoms with Gasteiger partial charge >= 0.3 is 0 Å². The van der Waals surface area contributed by atoms with Crippen molar-refractivity contribution in [2.45, 2.75) is 117 Å². The van der Waals surface area contributed by atoms with Gasteiger partial charge in [0.2, 0.25) is 0 Å². The highest BCUT2D eigenvalue weighted by Gasteiger charge is 2.25. The first-order valence-electron chi connectivity index (χ1n) is 12.4. The summed E-state index contributed by atoms with van der Waals surface area (Å²) in [4.78, 5) is 5.20. The normalized spacial score (nSPS) is 15.9. The van der Waals surface area contributed by atoms with Gasteiger partial charge in [0.1, 0.15) is 0 Å². The molecule has 4 unspecified atom stereocenters. The van der Waals surface area contributed by atoms with Crippen LogP contribution in [0.1, 0.15) is 98.0 Å². The van der Waals surface area contributed by atoms with Crippen LogP contribution in [0.3, 0.4) is 0 Å². The summed E-state index contributed by atoms with van der Waals surface area (Å²) >= 11 is 0. The van der Waals surface area contributed by atoms with Gasteiger partial charge in [-0.05, 0) is 64.6 Å². The Morgan fingerprint density at radius 3 is 2.03 bits per heavy atom. The number of hydrogen-bond acceptors (Lipinski definition) is 2. The lowest BCUT2D eigenvalue weighted by atomic mass is 9.90. The lowest BCUT2D eigenvalue weighted by Crippen LogP contribution is -2.44. The second kappa shape index (κ2) is 14.1. The van der Waals surface area contributed by atoms with Crippen LogP contribution in [-0.2, 0) is 0 Å². The van der Waals surface area contributed by atoms with Crippen LogP contribution in [0.2, 0.25) is 0 Å². The Hall–Kier alpha value is -1.02. The molecule has 0 aliphatic carbocycles. The number of unbranched alkanes of at least 4 members (excludes halogenated alkanes) is 2. The Kier molecular flexibility index (Phi) is 12.6. The van der Waals surface area contributed by atoms with E-state index in [4.69, 9.17) is 0 Å². The van der Waals surface area contributed by atoms with Gasteiger partial charge in [-0.3, -0.25) is 0 Å². The molecule has 0 radical (unpaired) electrons. The first-order valence-corrected chi connectivity index (χ1v) is 12.4. The molecule has 0 heterocycles. The minimum Gasteiger partial charge on any atom is -0.372 e. The average Bonchev–Trinajstić information content (AvgIpc) is 2.72. The van der Waals surface area contributed by atoms with Crippen LogP contribution in [0.15, 0.2) is 24.3 Å². The van der Waals surface area contributed by atoms with E-state index in [0.29, 0.717) is 18.1 Å². The van der Waals surface area contributed by atoms with Gasteiger partial charge in [0.25, 0.3) is 0 Å². The second-order valence-corrected chi connectivity index (χ2v) is 9.44. The molecule has 1 aromatic rings. The maximum absolute atomic E-state index is 2.71. The Morgan fingerprint density at radius 1 is 0.828 bits per heavy atom. The number of para-hydroxylation sites is 1. The number of hydrogen-bond donors (Lipinski definition) is 0. The molecule has 0 aliphatic rings. The fourth-order valence-corrected chi connectivity index (χ4v) is 4.67. The molecule has 168 valence electrons. The van der Waals surface area contributed by atoms with E-state index >= 15 is 0 Å². The van der Waals surface area contributed by atoms with E-state index in [-0.39, 0.29) is 0 Å². The van der Waals surface area contributed by atoms with E-state index in [9.17, 15) is 0 Å². The third-order valence-corrected chi connectivity index (χ3v) is 7.15. The second-order valence-electron chi connectivity index (χ2n) is 9.44. The maximum atomic E-state index is 2.71. The van der Waals surface area contributed by atoms with Gasteiger partial charge in [0.15, 0.2) is 0 Å². The molecule has 0 saturated heterocycles. The van der Waals surface area contributed by atoms with Crippen LogP contribution < -0.4 is 4.90 Å². The molecule has 0 bridgehead atoms. The zero-order valence-corrected chi connectivity index (χ0v) is 20.9. The van der Waals surface area contributed by atoms with E-state index in [2.05, 4.69) is 89.7 Å². The summed E-state index contributed by atoms with van der Waals surface area (Å²) < 4.78 is 0. The maximum Gasteiger partial charge on any atom is 0.0395 e. The highest BCUT2D eigenvalue weighted by atomic mass is 15.2. The first-order chi connectivity index (χ1) is 13.8. The number of benzene rings is 1. The van der Waals surface area contributed by atoms with Crippen molar-refractivity contribution < 1.29 is 0 Å². The molecule has 2 heteroatoms. The van der Waals surface area contributed by atoms with Crippen molar-refractivity contribution in [3.05, 3.63) is 29.8 Å². The number of aryl methyl sites for hydroxylation is 1. The van der Waals surface area contributed by atoms with E-state index in [1.54, 1.807) is 0 Å². The number of anilines is 1. The summed E-state index contributed by atoms with van der Waals surface area (Å²) in [5.74, 6) is 0.881. The summed E-state index contributed by atoms with van der Waals surface area (Å²) in [7, 11) is 4.66. The first kappa shape index (κ1) is 26.0. The van der Waals surface area contributed by atoms with Gasteiger partial charge in [0, 0.05) is 30.9 Å². The lowest BCUT2D eigenvalue weighted by molar-refractivity contribution is 0.135. The van der Waals surface area contributed by atoms with Crippen molar-refractivity contribution in [3.63, 3.8) is 0 Å². The molecular weight excluding hydrogens is 352 g/mol. The molecule has 0 amide bonds. The standard InChI is InChI=1S/C27H50N2/c1-9-12-17-25(11-3)20-23(5)28(7)26(18-13-10-2)21-24(6)29(8)27-19-15-14-16-22(27)4/h14-16,19,23-26H,9-13,17-18,20-21H2,1-8H3. The fraction of sp³-hybridized carbons (Fsp3) is 0.778. The monoisotopic (exact) mass is 402 g/mol. The Labute approximate surface area is 183 Å². The molecule has 0 saturated carbocycles. The predicted molar refractivity (Wildman–Crippen MR) is 132 cm³/mol. The van der Waals surface area contributed by atoms with E-state index in [1.165, 1.54) is 69.0 Å². The Bertz CT molecular complexity index is 541. The van der Waals surface area contributed by atoms with Crippen molar-refractivity contribution >= 4 is 5.69 Å². The molecule has 29 heavy (non-hydrogen) atoms. The predicted octanol–water partition coefficient (Wildman–Crippen LogP) is 7.70. The van der Waals surface area contributed by atoms with Gasteiger partial charge in [-0.25, -0.2) is 0 Å². The van der Waals surface area contributed by atoms with Crippen LogP contribution in [-0.4, -0.2) is 37.1 Å². The summed E-state index contributed by atoms with van der Waals surface area (Å²) in [5, 5.41) is 0. The molecule has 2 nitrogen and oxygen atoms in total. The summed E-state index contributed by atoms with van der Waals surface area (Å²) in [6.45, 7) is 14.1. The van der Waals surface area contributed by atoms with Crippen molar-refractivity contribution in [2.24, 2.45) is 5.92 Å². The molecule has 0 aliphatic heterocycles. The van der Waals surface area contributed by atoms with E-state index in [1.807, 2.05) is 0 Å². The van der Waals surface area contributed by atoms with Gasteiger partial charge in [-0.15, -0.1) is 0 Å². The molecule has 0 N–H and O–H groups in total. The van der Waals surface area contributed by atoms with Gasteiger partial charge < -0.3 is 9.80 Å². The zero-order valence-electron chi connectivity index (χ0n) is 20.9. The number of nitrogens with zero attached hydrogens (tertiary/aromatic N) is 2. The largest absolute Gasteiger partial charge is 0.372 e. The summed E-state index contributed by atoms with van der Waals surface area (Å²) in [5.41, 5.74) is 2.74. The molecule has 0 fully saturated rings. The Morgan fingerprint density at radius 2 is 1.45 bits per heavy atom. The summed E-state index contributed by atoms with van der Waals surface area (Å²) in [6, 6.07) is 10.6. The average molecular weight is 403 g/mol. The van der Waals surface area contributed by atoms with Crippen LogP contribution in [0.25, 0.3) is 0 Å². The lowest BCUT2D eigenvalue weighted by Gasteiger charge is -2.39. The van der Waals surface area contributed by atoms with Gasteiger partial charge in [0.05, 0.1) is 0 Å². The highest BCUT2D eigenvalue weighted by molar-refractivity contribution is 5.52. The Balaban J connectivity index is 2.79. The van der Waals surface area contributed by atoms with Crippen LogP contribution in [0, 0.1) is 12.8 Å². The van der Waals surface area contributed by atoms with Gasteiger partial charge in [-0.1, -0.05) is 77.5 Å². The SMILES string of the molecule is CCCCC(CC)CC(C)N(C)C(CCCC)CC(C)N(C)c1ccccc1C. The van der Waals surface area contributed by atoms with Crippen molar-refractivity contribution in [2.75, 3.05) is 19.0 Å². The minimum absolute atomic E-state index is 0.537. The fourth-order valence-electron chi connectivity index (χ4n) is 4.67. The molecule has 0 spiro atoms. The minimum atomic E-state index is 0.537.